The first kappa shape index (κ1) is 29.0. The summed E-state index contributed by atoms with van der Waals surface area (Å²) in [6, 6.07) is 4.51. The van der Waals surface area contributed by atoms with E-state index in [9.17, 15) is 24.3 Å². The molecule has 0 aliphatic heterocycles. The van der Waals surface area contributed by atoms with Gasteiger partial charge in [-0.1, -0.05) is 44.2 Å². The van der Waals surface area contributed by atoms with Crippen molar-refractivity contribution >= 4 is 23.7 Å². The highest BCUT2D eigenvalue weighted by atomic mass is 16.4. The second-order valence-electron chi connectivity index (χ2n) is 8.45. The number of aliphatic hydroxyl groups excluding tert-OH is 1. The van der Waals surface area contributed by atoms with Crippen molar-refractivity contribution in [3.05, 3.63) is 35.9 Å². The molecule has 4 atom stereocenters. The number of amides is 3. The molecule has 0 heterocycles. The Bertz CT molecular complexity index is 804. The Balaban J connectivity index is 3.07. The van der Waals surface area contributed by atoms with Gasteiger partial charge in [-0.3, -0.25) is 14.4 Å². The summed E-state index contributed by atoms with van der Waals surface area (Å²) >= 11 is 0. The Kier molecular flexibility index (Phi) is 12.8. The van der Waals surface area contributed by atoms with Gasteiger partial charge in [-0.05, 0) is 37.3 Å². The Morgan fingerprint density at radius 2 is 1.50 bits per heavy atom. The summed E-state index contributed by atoms with van der Waals surface area (Å²) in [5.41, 5.74) is 11.9. The molecule has 4 unspecified atom stereocenters. The highest BCUT2D eigenvalue weighted by Crippen LogP contribution is 2.08. The van der Waals surface area contributed by atoms with Crippen molar-refractivity contribution in [3.8, 4) is 0 Å². The van der Waals surface area contributed by atoms with Gasteiger partial charge in [-0.15, -0.1) is 0 Å². The van der Waals surface area contributed by atoms with E-state index in [4.69, 9.17) is 16.6 Å². The van der Waals surface area contributed by atoms with Gasteiger partial charge in [-0.2, -0.15) is 0 Å². The molecule has 0 aromatic heterocycles. The maximum absolute atomic E-state index is 13.1. The lowest BCUT2D eigenvalue weighted by molar-refractivity contribution is -0.143. The lowest BCUT2D eigenvalue weighted by Crippen LogP contribution is -2.58. The Hall–Kier alpha value is -3.02. The molecule has 0 radical (unpaired) electrons. The number of hydrogen-bond donors (Lipinski definition) is 7. The van der Waals surface area contributed by atoms with E-state index in [2.05, 4.69) is 16.0 Å². The van der Waals surface area contributed by atoms with Gasteiger partial charge >= 0.3 is 5.97 Å². The fourth-order valence-corrected chi connectivity index (χ4v) is 3.22. The summed E-state index contributed by atoms with van der Waals surface area (Å²) < 4.78 is 0. The molecular formula is C23H37N5O6. The first-order chi connectivity index (χ1) is 16.1. The van der Waals surface area contributed by atoms with Gasteiger partial charge in [-0.25, -0.2) is 4.79 Å². The molecule has 0 saturated carbocycles. The standard InChI is InChI=1S/C23H37N5O6/c1-14(2)19(23(33)34)28-21(31)17(10-6-7-11-24)26-22(32)18(27-20(30)16(25)13-29)12-15-8-4-3-5-9-15/h3-5,8-9,14,16-19,29H,6-7,10-13,24-25H2,1-2H3,(H,26,32)(H,27,30)(H,28,31)(H,33,34). The number of nitrogens with one attached hydrogen (secondary N) is 3. The van der Waals surface area contributed by atoms with Crippen LogP contribution in [0.3, 0.4) is 0 Å². The fourth-order valence-electron chi connectivity index (χ4n) is 3.22. The van der Waals surface area contributed by atoms with Crippen molar-refractivity contribution in [2.24, 2.45) is 17.4 Å². The second kappa shape index (κ2) is 15.0. The number of aliphatic hydroxyl groups is 1. The topological polar surface area (TPSA) is 197 Å². The highest BCUT2D eigenvalue weighted by molar-refractivity contribution is 5.94. The lowest BCUT2D eigenvalue weighted by atomic mass is 10.0. The summed E-state index contributed by atoms with van der Waals surface area (Å²) in [4.78, 5) is 49.8. The van der Waals surface area contributed by atoms with E-state index in [-0.39, 0.29) is 18.8 Å². The van der Waals surface area contributed by atoms with Crippen LogP contribution in [0.4, 0.5) is 0 Å². The van der Waals surface area contributed by atoms with Gasteiger partial charge in [0.15, 0.2) is 0 Å². The molecule has 0 fully saturated rings. The van der Waals surface area contributed by atoms with Crippen LogP contribution in [0.25, 0.3) is 0 Å². The summed E-state index contributed by atoms with van der Waals surface area (Å²) in [5.74, 6) is -3.53. The maximum atomic E-state index is 13.1. The predicted molar refractivity (Wildman–Crippen MR) is 126 cm³/mol. The lowest BCUT2D eigenvalue weighted by Gasteiger charge is -2.26. The number of unbranched alkanes of at least 4 members (excludes halogenated alkanes) is 1. The number of aliphatic carboxylic acids is 1. The van der Waals surface area contributed by atoms with Crippen LogP contribution in [0, 0.1) is 5.92 Å². The third-order valence-corrected chi connectivity index (χ3v) is 5.26. The van der Waals surface area contributed by atoms with Crippen LogP contribution in [0.5, 0.6) is 0 Å². The molecule has 11 heteroatoms. The largest absolute Gasteiger partial charge is 0.480 e. The number of hydrogen-bond acceptors (Lipinski definition) is 7. The Labute approximate surface area is 199 Å². The Morgan fingerprint density at radius 1 is 0.912 bits per heavy atom. The first-order valence-electron chi connectivity index (χ1n) is 11.3. The van der Waals surface area contributed by atoms with Crippen molar-refractivity contribution in [2.75, 3.05) is 13.2 Å². The van der Waals surface area contributed by atoms with Gasteiger partial charge in [0.1, 0.15) is 24.2 Å². The van der Waals surface area contributed by atoms with E-state index in [1.54, 1.807) is 38.1 Å². The molecule has 0 bridgehead atoms. The number of carbonyl (C=O) groups is 4. The van der Waals surface area contributed by atoms with Crippen LogP contribution in [0.15, 0.2) is 30.3 Å². The number of carbonyl (C=O) groups excluding carboxylic acids is 3. The third-order valence-electron chi connectivity index (χ3n) is 5.26. The van der Waals surface area contributed by atoms with E-state index in [0.717, 1.165) is 5.56 Å². The minimum atomic E-state index is -1.21. The van der Waals surface area contributed by atoms with Gasteiger partial charge in [0.2, 0.25) is 17.7 Å². The second-order valence-corrected chi connectivity index (χ2v) is 8.45. The average Bonchev–Trinajstić information content (AvgIpc) is 2.80. The monoisotopic (exact) mass is 479 g/mol. The number of nitrogens with two attached hydrogens (primary N) is 2. The molecule has 9 N–H and O–H groups in total. The van der Waals surface area contributed by atoms with Crippen LogP contribution in [-0.4, -0.2) is 71.2 Å². The molecule has 190 valence electrons. The molecule has 34 heavy (non-hydrogen) atoms. The normalized spacial score (nSPS) is 14.5. The average molecular weight is 480 g/mol. The first-order valence-corrected chi connectivity index (χ1v) is 11.3. The van der Waals surface area contributed by atoms with E-state index in [1.807, 2.05) is 6.07 Å². The van der Waals surface area contributed by atoms with Crippen LogP contribution in [-0.2, 0) is 25.6 Å². The summed E-state index contributed by atoms with van der Waals surface area (Å²) in [6.07, 6.45) is 1.50. The zero-order valence-corrected chi connectivity index (χ0v) is 19.7. The van der Waals surface area contributed by atoms with Crippen molar-refractivity contribution in [1.29, 1.82) is 0 Å². The molecular weight excluding hydrogens is 442 g/mol. The summed E-state index contributed by atoms with van der Waals surface area (Å²) in [6.45, 7) is 3.13. The molecule has 11 nitrogen and oxygen atoms in total. The molecule has 0 aliphatic rings. The van der Waals surface area contributed by atoms with Crippen LogP contribution >= 0.6 is 0 Å². The van der Waals surface area contributed by atoms with Crippen LogP contribution < -0.4 is 27.4 Å². The van der Waals surface area contributed by atoms with E-state index in [0.29, 0.717) is 19.4 Å². The van der Waals surface area contributed by atoms with Gasteiger partial charge in [0.25, 0.3) is 0 Å². The Morgan fingerprint density at radius 3 is 2.03 bits per heavy atom. The molecule has 1 aromatic rings. The van der Waals surface area contributed by atoms with Crippen LogP contribution in [0.1, 0.15) is 38.7 Å². The molecule has 1 rings (SSSR count). The van der Waals surface area contributed by atoms with Crippen molar-refractivity contribution in [1.82, 2.24) is 16.0 Å². The number of benzene rings is 1. The quantitative estimate of drug-likeness (QED) is 0.153. The number of carboxylic acid groups (broad SMARTS) is 1. The van der Waals surface area contributed by atoms with E-state index in [1.165, 1.54) is 0 Å². The van der Waals surface area contributed by atoms with Crippen molar-refractivity contribution in [2.45, 2.75) is 63.7 Å². The summed E-state index contributed by atoms with van der Waals surface area (Å²) in [7, 11) is 0. The third kappa shape index (κ3) is 9.86. The summed E-state index contributed by atoms with van der Waals surface area (Å²) in [5, 5.41) is 26.2. The SMILES string of the molecule is CC(C)C(NC(=O)C(CCCCN)NC(=O)C(Cc1ccccc1)NC(=O)C(N)CO)C(=O)O. The minimum absolute atomic E-state index is 0.122. The molecule has 0 spiro atoms. The smallest absolute Gasteiger partial charge is 0.326 e. The molecule has 0 aliphatic carbocycles. The van der Waals surface area contributed by atoms with Gasteiger partial charge < -0.3 is 37.6 Å². The zero-order valence-electron chi connectivity index (χ0n) is 19.7. The number of rotatable bonds is 15. The molecule has 0 saturated heterocycles. The minimum Gasteiger partial charge on any atom is -0.480 e. The predicted octanol–water partition coefficient (Wildman–Crippen LogP) is -1.13. The molecule has 3 amide bonds. The maximum Gasteiger partial charge on any atom is 0.326 e. The zero-order chi connectivity index (χ0) is 25.7. The van der Waals surface area contributed by atoms with Gasteiger partial charge in [0.05, 0.1) is 6.61 Å². The van der Waals surface area contributed by atoms with Gasteiger partial charge in [0, 0.05) is 6.42 Å². The van der Waals surface area contributed by atoms with E-state index < -0.39 is 54.5 Å². The fraction of sp³-hybridized carbons (Fsp3) is 0.565. The van der Waals surface area contributed by atoms with Crippen molar-refractivity contribution in [3.63, 3.8) is 0 Å². The number of carboxylic acids is 1. The van der Waals surface area contributed by atoms with Crippen LogP contribution in [0.2, 0.25) is 0 Å². The molecule has 1 aromatic carbocycles. The highest BCUT2D eigenvalue weighted by Gasteiger charge is 2.31. The van der Waals surface area contributed by atoms with Crippen molar-refractivity contribution < 1.29 is 29.4 Å². The van der Waals surface area contributed by atoms with E-state index >= 15 is 0 Å².